The predicted molar refractivity (Wildman–Crippen MR) is 74.4 cm³/mol. The number of nitrogens with zero attached hydrogens (tertiary/aromatic N) is 1. The molecule has 2 rings (SSSR count). The average molecular weight is 331 g/mol. The molecule has 0 radical (unpaired) electrons. The molecule has 1 aliphatic heterocycles. The second-order valence-electron chi connectivity index (χ2n) is 4.43. The first kappa shape index (κ1) is 12.3. The number of rotatable bonds is 3. The lowest BCUT2D eigenvalue weighted by Crippen LogP contribution is -2.33. The van der Waals surface area contributed by atoms with Crippen LogP contribution in [0.25, 0.3) is 0 Å². The number of likely N-dealkylation sites (tertiary alicyclic amines) is 1. The standard InChI is InChI=1S/C13H18INO/c14-12-6-4-11(5-7-12)13(16)10-15-8-2-1-3-9-15/h4-7,13,16H,1-3,8-10H2/t13-/m0/s1. The second-order valence-corrected chi connectivity index (χ2v) is 5.67. The molecule has 1 saturated heterocycles. The SMILES string of the molecule is O[C@@H](CN1CCCCC1)c1ccc(I)cc1. The number of piperidine rings is 1. The van der Waals surface area contributed by atoms with Gasteiger partial charge in [-0.2, -0.15) is 0 Å². The number of hydrogen-bond acceptors (Lipinski definition) is 2. The molecule has 3 heteroatoms. The molecule has 16 heavy (non-hydrogen) atoms. The van der Waals surface area contributed by atoms with Gasteiger partial charge >= 0.3 is 0 Å². The van der Waals surface area contributed by atoms with Crippen molar-refractivity contribution in [1.29, 1.82) is 0 Å². The van der Waals surface area contributed by atoms with Gasteiger partial charge < -0.3 is 10.0 Å². The van der Waals surface area contributed by atoms with Crippen LogP contribution in [0.3, 0.4) is 0 Å². The highest BCUT2D eigenvalue weighted by Gasteiger charge is 2.15. The number of hydrogen-bond donors (Lipinski definition) is 1. The molecule has 1 atom stereocenters. The Kier molecular flexibility index (Phi) is 4.61. The molecular weight excluding hydrogens is 313 g/mol. The lowest BCUT2D eigenvalue weighted by atomic mass is 10.1. The van der Waals surface area contributed by atoms with Gasteiger partial charge in [-0.1, -0.05) is 18.6 Å². The molecule has 1 aromatic rings. The van der Waals surface area contributed by atoms with Crippen LogP contribution in [-0.2, 0) is 0 Å². The molecule has 0 spiro atoms. The van der Waals surface area contributed by atoms with Gasteiger partial charge in [-0.3, -0.25) is 0 Å². The highest BCUT2D eigenvalue weighted by Crippen LogP contribution is 2.18. The van der Waals surface area contributed by atoms with Crippen molar-refractivity contribution >= 4 is 22.6 Å². The molecule has 1 heterocycles. The summed E-state index contributed by atoms with van der Waals surface area (Å²) in [6.45, 7) is 3.06. The third-order valence-corrected chi connectivity index (χ3v) is 3.85. The van der Waals surface area contributed by atoms with Crippen LogP contribution in [0.4, 0.5) is 0 Å². The number of β-amino-alcohol motifs (C(OH)–C–C–N with tert-alkyl or cyclic N) is 1. The summed E-state index contributed by atoms with van der Waals surface area (Å²) in [6.07, 6.45) is 3.56. The summed E-state index contributed by atoms with van der Waals surface area (Å²) in [5, 5.41) is 10.1. The van der Waals surface area contributed by atoms with Crippen molar-refractivity contribution in [3.63, 3.8) is 0 Å². The molecule has 1 N–H and O–H groups in total. The maximum absolute atomic E-state index is 10.1. The molecule has 0 aliphatic carbocycles. The molecule has 1 aromatic carbocycles. The van der Waals surface area contributed by atoms with Crippen LogP contribution >= 0.6 is 22.6 Å². The monoisotopic (exact) mass is 331 g/mol. The summed E-state index contributed by atoms with van der Waals surface area (Å²) in [6, 6.07) is 8.15. The fraction of sp³-hybridized carbons (Fsp3) is 0.538. The van der Waals surface area contributed by atoms with Crippen LogP contribution in [0.2, 0.25) is 0 Å². The third-order valence-electron chi connectivity index (χ3n) is 3.13. The van der Waals surface area contributed by atoms with Gasteiger partial charge in [-0.15, -0.1) is 0 Å². The normalized spacial score (nSPS) is 19.6. The molecular formula is C13H18INO. The number of aliphatic hydroxyl groups is 1. The minimum atomic E-state index is -0.338. The minimum Gasteiger partial charge on any atom is -0.387 e. The van der Waals surface area contributed by atoms with Crippen molar-refractivity contribution in [1.82, 2.24) is 4.90 Å². The Labute approximate surface area is 111 Å². The maximum atomic E-state index is 10.1. The van der Waals surface area contributed by atoms with Crippen LogP contribution in [-0.4, -0.2) is 29.6 Å². The first-order chi connectivity index (χ1) is 7.75. The molecule has 1 aliphatic rings. The van der Waals surface area contributed by atoms with Gasteiger partial charge in [0.15, 0.2) is 0 Å². The van der Waals surface area contributed by atoms with E-state index in [1.165, 1.54) is 22.8 Å². The first-order valence-electron chi connectivity index (χ1n) is 5.91. The van der Waals surface area contributed by atoms with Crippen LogP contribution in [0.15, 0.2) is 24.3 Å². The smallest absolute Gasteiger partial charge is 0.0916 e. The Morgan fingerprint density at radius 2 is 1.75 bits per heavy atom. The lowest BCUT2D eigenvalue weighted by Gasteiger charge is -2.28. The third kappa shape index (κ3) is 3.43. The van der Waals surface area contributed by atoms with E-state index in [0.717, 1.165) is 25.2 Å². The van der Waals surface area contributed by atoms with E-state index in [9.17, 15) is 5.11 Å². The highest BCUT2D eigenvalue weighted by atomic mass is 127. The highest BCUT2D eigenvalue weighted by molar-refractivity contribution is 14.1. The van der Waals surface area contributed by atoms with Crippen LogP contribution < -0.4 is 0 Å². The van der Waals surface area contributed by atoms with Gasteiger partial charge in [0.2, 0.25) is 0 Å². The fourth-order valence-corrected chi connectivity index (χ4v) is 2.54. The van der Waals surface area contributed by atoms with Gasteiger partial charge in [0.25, 0.3) is 0 Å². The van der Waals surface area contributed by atoms with E-state index in [0.29, 0.717) is 0 Å². The molecule has 2 nitrogen and oxygen atoms in total. The largest absolute Gasteiger partial charge is 0.387 e. The molecule has 0 unspecified atom stereocenters. The van der Waals surface area contributed by atoms with E-state index < -0.39 is 0 Å². The number of benzene rings is 1. The van der Waals surface area contributed by atoms with Crippen molar-refractivity contribution in [3.8, 4) is 0 Å². The van der Waals surface area contributed by atoms with E-state index in [-0.39, 0.29) is 6.10 Å². The van der Waals surface area contributed by atoms with Crippen LogP contribution in [0.5, 0.6) is 0 Å². The Balaban J connectivity index is 1.91. The summed E-state index contributed by atoms with van der Waals surface area (Å²) in [7, 11) is 0. The summed E-state index contributed by atoms with van der Waals surface area (Å²) >= 11 is 2.28. The van der Waals surface area contributed by atoms with E-state index in [1.54, 1.807) is 0 Å². The fourth-order valence-electron chi connectivity index (χ4n) is 2.18. The molecule has 0 saturated carbocycles. The summed E-state index contributed by atoms with van der Waals surface area (Å²) in [5.41, 5.74) is 1.03. The van der Waals surface area contributed by atoms with Crippen LogP contribution in [0.1, 0.15) is 30.9 Å². The van der Waals surface area contributed by atoms with Crippen molar-refractivity contribution in [3.05, 3.63) is 33.4 Å². The Morgan fingerprint density at radius 3 is 2.38 bits per heavy atom. The van der Waals surface area contributed by atoms with Gasteiger partial charge in [0, 0.05) is 10.1 Å². The zero-order valence-electron chi connectivity index (χ0n) is 9.40. The van der Waals surface area contributed by atoms with Crippen molar-refractivity contribution in [2.75, 3.05) is 19.6 Å². The molecule has 0 bridgehead atoms. The van der Waals surface area contributed by atoms with Gasteiger partial charge in [-0.25, -0.2) is 0 Å². The van der Waals surface area contributed by atoms with Crippen molar-refractivity contribution in [2.24, 2.45) is 0 Å². The molecule has 0 amide bonds. The summed E-state index contributed by atoms with van der Waals surface area (Å²) in [4.78, 5) is 2.37. The summed E-state index contributed by atoms with van der Waals surface area (Å²) < 4.78 is 1.21. The summed E-state index contributed by atoms with van der Waals surface area (Å²) in [5.74, 6) is 0. The Hall–Kier alpha value is -0.130. The van der Waals surface area contributed by atoms with Gasteiger partial charge in [0.05, 0.1) is 6.10 Å². The molecule has 1 fully saturated rings. The first-order valence-corrected chi connectivity index (χ1v) is 6.99. The Morgan fingerprint density at radius 1 is 1.12 bits per heavy atom. The second kappa shape index (κ2) is 5.98. The zero-order valence-corrected chi connectivity index (χ0v) is 11.6. The van der Waals surface area contributed by atoms with E-state index >= 15 is 0 Å². The number of aliphatic hydroxyl groups excluding tert-OH is 1. The maximum Gasteiger partial charge on any atom is 0.0916 e. The van der Waals surface area contributed by atoms with Gasteiger partial charge in [-0.05, 0) is 66.2 Å². The van der Waals surface area contributed by atoms with Crippen LogP contribution in [0, 0.1) is 3.57 Å². The zero-order chi connectivity index (χ0) is 11.4. The minimum absolute atomic E-state index is 0.338. The van der Waals surface area contributed by atoms with E-state index in [1.807, 2.05) is 12.1 Å². The topological polar surface area (TPSA) is 23.5 Å². The number of halogens is 1. The quantitative estimate of drug-likeness (QED) is 0.861. The van der Waals surface area contributed by atoms with Crippen molar-refractivity contribution in [2.45, 2.75) is 25.4 Å². The van der Waals surface area contributed by atoms with Crippen molar-refractivity contribution < 1.29 is 5.11 Å². The Bertz CT molecular complexity index is 319. The van der Waals surface area contributed by atoms with E-state index in [2.05, 4.69) is 39.6 Å². The average Bonchev–Trinajstić information content (AvgIpc) is 2.31. The molecule has 88 valence electrons. The van der Waals surface area contributed by atoms with Gasteiger partial charge in [0.1, 0.15) is 0 Å². The molecule has 0 aromatic heterocycles. The lowest BCUT2D eigenvalue weighted by molar-refractivity contribution is 0.101. The predicted octanol–water partition coefficient (Wildman–Crippen LogP) is 2.81. The van der Waals surface area contributed by atoms with E-state index in [4.69, 9.17) is 0 Å².